The van der Waals surface area contributed by atoms with Gasteiger partial charge in [0.1, 0.15) is 5.75 Å². The Morgan fingerprint density at radius 2 is 1.85 bits per heavy atom. The third-order valence-electron chi connectivity index (χ3n) is 5.47. The highest BCUT2D eigenvalue weighted by Gasteiger charge is 2.23. The van der Waals surface area contributed by atoms with Crippen LogP contribution in [0.3, 0.4) is 0 Å². The number of anilines is 2. The molecule has 3 heterocycles. The molecule has 166 valence electrons. The highest BCUT2D eigenvalue weighted by Crippen LogP contribution is 2.36. The van der Waals surface area contributed by atoms with Crippen LogP contribution in [0.4, 0.5) is 10.9 Å². The van der Waals surface area contributed by atoms with Gasteiger partial charge in [-0.05, 0) is 37.3 Å². The van der Waals surface area contributed by atoms with Gasteiger partial charge in [0.15, 0.2) is 10.9 Å². The van der Waals surface area contributed by atoms with Gasteiger partial charge in [-0.1, -0.05) is 29.8 Å². The first-order chi connectivity index (χ1) is 16.0. The van der Waals surface area contributed by atoms with E-state index in [4.69, 9.17) is 9.72 Å². The molecule has 2 aromatic carbocycles. The molecule has 4 aromatic rings. The maximum Gasteiger partial charge on any atom is 0.217 e. The summed E-state index contributed by atoms with van der Waals surface area (Å²) < 4.78 is 5.76. The Balaban J connectivity index is 1.32. The average Bonchev–Trinajstić information content (AvgIpc) is 3.28. The summed E-state index contributed by atoms with van der Waals surface area (Å²) in [5.74, 6) is 1.39. The fourth-order valence-electron chi connectivity index (χ4n) is 3.80. The Morgan fingerprint density at radius 3 is 2.61 bits per heavy atom. The van der Waals surface area contributed by atoms with E-state index in [-0.39, 0.29) is 11.9 Å². The summed E-state index contributed by atoms with van der Waals surface area (Å²) >= 11 is 1.50. The number of carbonyl (C=O) groups excluding carboxylic acids is 1. The van der Waals surface area contributed by atoms with Crippen molar-refractivity contribution in [1.82, 2.24) is 20.5 Å². The summed E-state index contributed by atoms with van der Waals surface area (Å²) in [4.78, 5) is 16.3. The van der Waals surface area contributed by atoms with Gasteiger partial charge in [0.05, 0.1) is 24.0 Å². The third-order valence-corrected chi connectivity index (χ3v) is 6.23. The van der Waals surface area contributed by atoms with Crippen molar-refractivity contribution in [1.29, 1.82) is 0 Å². The lowest BCUT2D eigenvalue weighted by Gasteiger charge is -2.26. The second-order valence-electron chi connectivity index (χ2n) is 7.98. The van der Waals surface area contributed by atoms with E-state index in [1.54, 1.807) is 0 Å². The Hall–Kier alpha value is -3.78. The molecule has 33 heavy (non-hydrogen) atoms. The molecule has 0 fully saturated rings. The van der Waals surface area contributed by atoms with Crippen LogP contribution in [-0.2, 0) is 4.79 Å². The zero-order chi connectivity index (χ0) is 22.8. The number of nitrogens with one attached hydrogen (secondary N) is 2. The monoisotopic (exact) mass is 457 g/mol. The molecule has 0 saturated carbocycles. The second-order valence-corrected chi connectivity index (χ2v) is 8.83. The second kappa shape index (κ2) is 8.99. The van der Waals surface area contributed by atoms with Gasteiger partial charge in [-0.3, -0.25) is 4.79 Å². The average molecular weight is 458 g/mol. The van der Waals surface area contributed by atoms with Gasteiger partial charge in [0, 0.05) is 35.4 Å². The van der Waals surface area contributed by atoms with E-state index in [0.717, 1.165) is 45.4 Å². The van der Waals surface area contributed by atoms with Crippen LogP contribution in [0.25, 0.3) is 22.5 Å². The molecule has 0 spiro atoms. The molecular formula is C25H23N5O2S. The molecule has 7 nitrogen and oxygen atoms in total. The molecule has 0 saturated heterocycles. The van der Waals surface area contributed by atoms with Gasteiger partial charge < -0.3 is 15.4 Å². The van der Waals surface area contributed by atoms with Crippen LogP contribution in [0.1, 0.15) is 30.5 Å². The smallest absolute Gasteiger partial charge is 0.217 e. The largest absolute Gasteiger partial charge is 0.493 e. The number of rotatable bonds is 5. The molecule has 5 rings (SSSR count). The number of ether oxygens (including phenoxy) is 1. The number of aryl methyl sites for hydroxylation is 1. The van der Waals surface area contributed by atoms with Crippen molar-refractivity contribution in [2.75, 3.05) is 11.9 Å². The summed E-state index contributed by atoms with van der Waals surface area (Å²) in [5, 5.41) is 17.6. The van der Waals surface area contributed by atoms with E-state index in [1.807, 2.05) is 47.8 Å². The summed E-state index contributed by atoms with van der Waals surface area (Å²) in [6, 6.07) is 18.0. The maximum atomic E-state index is 11.6. The van der Waals surface area contributed by atoms with Crippen LogP contribution >= 0.6 is 11.3 Å². The fraction of sp³-hybridized carbons (Fsp3) is 0.200. The van der Waals surface area contributed by atoms with Crippen molar-refractivity contribution in [2.24, 2.45) is 0 Å². The van der Waals surface area contributed by atoms with E-state index in [0.29, 0.717) is 12.4 Å². The number of carbonyl (C=O) groups is 1. The molecular weight excluding hydrogens is 434 g/mol. The molecule has 1 atom stereocenters. The van der Waals surface area contributed by atoms with Gasteiger partial charge in [-0.2, -0.15) is 0 Å². The van der Waals surface area contributed by atoms with Gasteiger partial charge >= 0.3 is 0 Å². The van der Waals surface area contributed by atoms with Gasteiger partial charge in [-0.25, -0.2) is 4.98 Å². The highest BCUT2D eigenvalue weighted by molar-refractivity contribution is 7.14. The van der Waals surface area contributed by atoms with Crippen molar-refractivity contribution < 1.29 is 9.53 Å². The Bertz CT molecular complexity index is 1290. The van der Waals surface area contributed by atoms with Crippen LogP contribution in [-0.4, -0.2) is 27.7 Å². The molecule has 1 aliphatic heterocycles. The van der Waals surface area contributed by atoms with Crippen molar-refractivity contribution >= 4 is 28.2 Å². The van der Waals surface area contributed by atoms with Crippen LogP contribution in [0.2, 0.25) is 0 Å². The van der Waals surface area contributed by atoms with Crippen molar-refractivity contribution in [3.8, 4) is 28.3 Å². The third kappa shape index (κ3) is 4.70. The number of fused-ring (bicyclic) bond motifs is 1. The molecule has 1 unspecified atom stereocenters. The number of benzene rings is 2. The number of hydrogen-bond donors (Lipinski definition) is 2. The van der Waals surface area contributed by atoms with Crippen LogP contribution < -0.4 is 15.4 Å². The summed E-state index contributed by atoms with van der Waals surface area (Å²) in [6.45, 7) is 4.18. The molecule has 8 heteroatoms. The molecule has 2 aromatic heterocycles. The highest BCUT2D eigenvalue weighted by atomic mass is 32.1. The van der Waals surface area contributed by atoms with E-state index < -0.39 is 0 Å². The first kappa shape index (κ1) is 21.1. The number of amides is 1. The number of aromatic nitrogens is 3. The lowest BCUT2D eigenvalue weighted by Crippen LogP contribution is -2.30. The van der Waals surface area contributed by atoms with Gasteiger partial charge in [-0.15, -0.1) is 21.5 Å². The molecule has 1 aliphatic rings. The Morgan fingerprint density at radius 1 is 1.03 bits per heavy atom. The summed E-state index contributed by atoms with van der Waals surface area (Å²) in [5.41, 5.74) is 5.87. The maximum absolute atomic E-state index is 11.6. The predicted octanol–water partition coefficient (Wildman–Crippen LogP) is 5.28. The molecule has 0 aliphatic carbocycles. The Kier molecular flexibility index (Phi) is 5.75. The summed E-state index contributed by atoms with van der Waals surface area (Å²) in [6.07, 6.45) is 0.747. The minimum absolute atomic E-state index is 0.0482. The van der Waals surface area contributed by atoms with Crippen molar-refractivity contribution in [2.45, 2.75) is 26.3 Å². The number of hydrogen-bond acceptors (Lipinski definition) is 7. The molecule has 1 amide bonds. The normalized spacial score (nSPS) is 14.8. The zero-order valence-electron chi connectivity index (χ0n) is 18.3. The minimum Gasteiger partial charge on any atom is -0.493 e. The summed E-state index contributed by atoms with van der Waals surface area (Å²) in [7, 11) is 0. The van der Waals surface area contributed by atoms with E-state index in [2.05, 4.69) is 39.9 Å². The Labute approximate surface area is 195 Å². The lowest BCUT2D eigenvalue weighted by molar-refractivity contribution is -0.119. The minimum atomic E-state index is -0.0512. The van der Waals surface area contributed by atoms with Crippen LogP contribution in [0.15, 0.2) is 60.0 Å². The standard InChI is InChI=1S/C25H23N5O2S/c1-15-3-5-17(6-4-15)20-8-10-24(30-29-20)28-25-27-22(14-33-25)18-7-9-23-19(13-18)21(11-12-32-23)26-16(2)31/h3-10,13-14,21H,11-12H2,1-2H3,(H,26,31)(H,27,28,30). The number of thiazole rings is 1. The van der Waals surface area contributed by atoms with E-state index >= 15 is 0 Å². The van der Waals surface area contributed by atoms with Crippen LogP contribution in [0.5, 0.6) is 5.75 Å². The van der Waals surface area contributed by atoms with Crippen molar-refractivity contribution in [3.05, 3.63) is 71.1 Å². The fourth-order valence-corrected chi connectivity index (χ4v) is 4.53. The quantitative estimate of drug-likeness (QED) is 0.424. The molecule has 2 N–H and O–H groups in total. The SMILES string of the molecule is CC(=O)NC1CCOc2ccc(-c3csc(Nc4ccc(-c5ccc(C)cc5)nn4)n3)cc21. The van der Waals surface area contributed by atoms with E-state index in [9.17, 15) is 4.79 Å². The van der Waals surface area contributed by atoms with Crippen LogP contribution in [0, 0.1) is 6.92 Å². The molecule has 0 bridgehead atoms. The zero-order valence-corrected chi connectivity index (χ0v) is 19.1. The van der Waals surface area contributed by atoms with Gasteiger partial charge in [0.2, 0.25) is 5.91 Å². The first-order valence-electron chi connectivity index (χ1n) is 10.7. The predicted molar refractivity (Wildman–Crippen MR) is 130 cm³/mol. The van der Waals surface area contributed by atoms with E-state index in [1.165, 1.54) is 23.8 Å². The van der Waals surface area contributed by atoms with Crippen molar-refractivity contribution in [3.63, 3.8) is 0 Å². The topological polar surface area (TPSA) is 89.0 Å². The van der Waals surface area contributed by atoms with Gasteiger partial charge in [0.25, 0.3) is 0 Å². The lowest BCUT2D eigenvalue weighted by atomic mass is 9.97. The molecule has 0 radical (unpaired) electrons. The number of nitrogens with zero attached hydrogens (tertiary/aromatic N) is 3. The first-order valence-corrected chi connectivity index (χ1v) is 11.6.